The van der Waals surface area contributed by atoms with Crippen LogP contribution in [0.1, 0.15) is 5.69 Å². The van der Waals surface area contributed by atoms with Gasteiger partial charge in [0.15, 0.2) is 0 Å². The predicted molar refractivity (Wildman–Crippen MR) is 60.8 cm³/mol. The second-order valence-corrected chi connectivity index (χ2v) is 3.80. The SMILES string of the molecule is O=C(O)NCCc1cc2cc(Cl)cnc2[nH]1. The van der Waals surface area contributed by atoms with Gasteiger partial charge in [-0.2, -0.15) is 0 Å². The summed E-state index contributed by atoms with van der Waals surface area (Å²) in [6.07, 6.45) is 1.15. The molecule has 0 bridgehead atoms. The number of nitrogens with one attached hydrogen (secondary N) is 2. The molecule has 0 atom stereocenters. The monoisotopic (exact) mass is 239 g/mol. The number of carboxylic acid groups (broad SMARTS) is 1. The maximum absolute atomic E-state index is 10.3. The zero-order valence-electron chi connectivity index (χ0n) is 8.33. The number of H-pyrrole nitrogens is 1. The van der Waals surface area contributed by atoms with Crippen molar-refractivity contribution in [3.05, 3.63) is 29.0 Å². The van der Waals surface area contributed by atoms with Crippen LogP contribution in [0.3, 0.4) is 0 Å². The molecular weight excluding hydrogens is 230 g/mol. The van der Waals surface area contributed by atoms with Crippen molar-refractivity contribution in [2.24, 2.45) is 0 Å². The number of hydrogen-bond acceptors (Lipinski definition) is 2. The molecule has 0 spiro atoms. The van der Waals surface area contributed by atoms with Crippen molar-refractivity contribution < 1.29 is 9.90 Å². The molecule has 2 rings (SSSR count). The van der Waals surface area contributed by atoms with Gasteiger partial charge in [-0.25, -0.2) is 9.78 Å². The van der Waals surface area contributed by atoms with E-state index in [2.05, 4.69) is 15.3 Å². The molecular formula is C10H10ClN3O2. The molecule has 0 saturated heterocycles. The van der Waals surface area contributed by atoms with Gasteiger partial charge < -0.3 is 15.4 Å². The summed E-state index contributed by atoms with van der Waals surface area (Å²) in [7, 11) is 0. The number of pyridine rings is 1. The summed E-state index contributed by atoms with van der Waals surface area (Å²) >= 11 is 5.81. The highest BCUT2D eigenvalue weighted by molar-refractivity contribution is 6.31. The normalized spacial score (nSPS) is 10.6. The Bertz CT molecular complexity index is 524. The van der Waals surface area contributed by atoms with Gasteiger partial charge in [-0.15, -0.1) is 0 Å². The Balaban J connectivity index is 2.10. The zero-order chi connectivity index (χ0) is 11.5. The average Bonchev–Trinajstić information content (AvgIpc) is 2.58. The summed E-state index contributed by atoms with van der Waals surface area (Å²) in [6, 6.07) is 3.73. The van der Waals surface area contributed by atoms with Crippen LogP contribution < -0.4 is 5.32 Å². The molecule has 0 aliphatic heterocycles. The van der Waals surface area contributed by atoms with E-state index in [0.717, 1.165) is 16.7 Å². The van der Waals surface area contributed by atoms with Crippen LogP contribution in [0.25, 0.3) is 11.0 Å². The second-order valence-electron chi connectivity index (χ2n) is 3.37. The summed E-state index contributed by atoms with van der Waals surface area (Å²) in [5, 5.41) is 12.2. The van der Waals surface area contributed by atoms with Crippen LogP contribution in [0.15, 0.2) is 18.3 Å². The van der Waals surface area contributed by atoms with Crippen LogP contribution >= 0.6 is 11.6 Å². The van der Waals surface area contributed by atoms with Gasteiger partial charge in [0.1, 0.15) is 5.65 Å². The Kier molecular flexibility index (Phi) is 2.96. The molecule has 3 N–H and O–H groups in total. The standard InChI is InChI=1S/C10H10ClN3O2/c11-7-3-6-4-8(1-2-12-10(15)16)14-9(6)13-5-7/h3-5,12H,1-2H2,(H,13,14)(H,15,16). The lowest BCUT2D eigenvalue weighted by Crippen LogP contribution is -2.23. The smallest absolute Gasteiger partial charge is 0.404 e. The van der Waals surface area contributed by atoms with E-state index in [1.54, 1.807) is 6.20 Å². The van der Waals surface area contributed by atoms with E-state index in [4.69, 9.17) is 16.7 Å². The van der Waals surface area contributed by atoms with E-state index < -0.39 is 6.09 Å². The Hall–Kier alpha value is -1.75. The Morgan fingerprint density at radius 2 is 2.38 bits per heavy atom. The lowest BCUT2D eigenvalue weighted by molar-refractivity contribution is 0.194. The lowest BCUT2D eigenvalue weighted by atomic mass is 10.3. The topological polar surface area (TPSA) is 78.0 Å². The number of aromatic nitrogens is 2. The van der Waals surface area contributed by atoms with Crippen molar-refractivity contribution in [2.75, 3.05) is 6.54 Å². The van der Waals surface area contributed by atoms with Crippen molar-refractivity contribution in [1.29, 1.82) is 0 Å². The fourth-order valence-corrected chi connectivity index (χ4v) is 1.65. The molecule has 84 valence electrons. The Morgan fingerprint density at radius 3 is 3.12 bits per heavy atom. The van der Waals surface area contributed by atoms with Crippen LogP contribution in [0.5, 0.6) is 0 Å². The van der Waals surface area contributed by atoms with E-state index in [-0.39, 0.29) is 0 Å². The van der Waals surface area contributed by atoms with Gasteiger partial charge >= 0.3 is 6.09 Å². The first kappa shape index (κ1) is 10.8. The molecule has 0 aliphatic rings. The molecule has 5 nitrogen and oxygen atoms in total. The third-order valence-electron chi connectivity index (χ3n) is 2.16. The third-order valence-corrected chi connectivity index (χ3v) is 2.37. The van der Waals surface area contributed by atoms with Gasteiger partial charge in [0.25, 0.3) is 0 Å². The molecule has 6 heteroatoms. The average molecular weight is 240 g/mol. The molecule has 2 heterocycles. The lowest BCUT2D eigenvalue weighted by Gasteiger charge is -1.97. The molecule has 2 aromatic rings. The summed E-state index contributed by atoms with van der Waals surface area (Å²) in [5.74, 6) is 0. The molecule has 0 aromatic carbocycles. The minimum absolute atomic E-state index is 0.371. The quantitative estimate of drug-likeness (QED) is 0.767. The highest BCUT2D eigenvalue weighted by Crippen LogP contribution is 2.17. The van der Waals surface area contributed by atoms with Gasteiger partial charge in [0.05, 0.1) is 5.02 Å². The first-order chi connectivity index (χ1) is 7.65. The van der Waals surface area contributed by atoms with Crippen molar-refractivity contribution in [1.82, 2.24) is 15.3 Å². The van der Waals surface area contributed by atoms with Crippen LogP contribution in [0.4, 0.5) is 4.79 Å². The molecule has 1 amide bonds. The van der Waals surface area contributed by atoms with E-state index in [1.807, 2.05) is 12.1 Å². The highest BCUT2D eigenvalue weighted by Gasteiger charge is 2.03. The number of fused-ring (bicyclic) bond motifs is 1. The van der Waals surface area contributed by atoms with E-state index in [9.17, 15) is 4.79 Å². The van der Waals surface area contributed by atoms with E-state index in [0.29, 0.717) is 18.0 Å². The van der Waals surface area contributed by atoms with Gasteiger partial charge in [0, 0.05) is 30.2 Å². The van der Waals surface area contributed by atoms with Gasteiger partial charge in [-0.1, -0.05) is 11.6 Å². The molecule has 0 unspecified atom stereocenters. The van der Waals surface area contributed by atoms with Crippen LogP contribution in [-0.2, 0) is 6.42 Å². The maximum atomic E-state index is 10.3. The number of nitrogens with zero attached hydrogens (tertiary/aromatic N) is 1. The molecule has 16 heavy (non-hydrogen) atoms. The number of carbonyl (C=O) groups is 1. The first-order valence-corrected chi connectivity index (χ1v) is 5.13. The molecule has 0 aliphatic carbocycles. The summed E-state index contributed by atoms with van der Waals surface area (Å²) in [6.45, 7) is 0.371. The summed E-state index contributed by atoms with van der Waals surface area (Å²) < 4.78 is 0. The molecule has 0 fully saturated rings. The van der Waals surface area contributed by atoms with Gasteiger partial charge in [-0.3, -0.25) is 0 Å². The number of rotatable bonds is 3. The minimum atomic E-state index is -1.02. The predicted octanol–water partition coefficient (Wildman–Crippen LogP) is 2.03. The maximum Gasteiger partial charge on any atom is 0.404 e. The zero-order valence-corrected chi connectivity index (χ0v) is 9.08. The van der Waals surface area contributed by atoms with Crippen molar-refractivity contribution in [3.8, 4) is 0 Å². The minimum Gasteiger partial charge on any atom is -0.465 e. The molecule has 0 saturated carbocycles. The number of hydrogen-bond donors (Lipinski definition) is 3. The van der Waals surface area contributed by atoms with Crippen LogP contribution in [0, 0.1) is 0 Å². The van der Waals surface area contributed by atoms with E-state index in [1.165, 1.54) is 0 Å². The van der Waals surface area contributed by atoms with Gasteiger partial charge in [0.2, 0.25) is 0 Å². The van der Waals surface area contributed by atoms with Crippen molar-refractivity contribution >= 4 is 28.7 Å². The van der Waals surface area contributed by atoms with Crippen molar-refractivity contribution in [3.63, 3.8) is 0 Å². The van der Waals surface area contributed by atoms with Gasteiger partial charge in [-0.05, 0) is 12.1 Å². The Morgan fingerprint density at radius 1 is 1.56 bits per heavy atom. The fraction of sp³-hybridized carbons (Fsp3) is 0.200. The summed E-state index contributed by atoms with van der Waals surface area (Å²) in [5.41, 5.74) is 1.69. The first-order valence-electron chi connectivity index (χ1n) is 4.75. The highest BCUT2D eigenvalue weighted by atomic mass is 35.5. The third kappa shape index (κ3) is 2.43. The van der Waals surface area contributed by atoms with E-state index >= 15 is 0 Å². The number of halogens is 1. The molecule has 2 aromatic heterocycles. The number of amides is 1. The van der Waals surface area contributed by atoms with Crippen LogP contribution in [-0.4, -0.2) is 27.7 Å². The number of aromatic amines is 1. The van der Waals surface area contributed by atoms with Crippen molar-refractivity contribution in [2.45, 2.75) is 6.42 Å². The summed E-state index contributed by atoms with van der Waals surface area (Å²) in [4.78, 5) is 17.5. The molecule has 0 radical (unpaired) electrons. The van der Waals surface area contributed by atoms with Crippen LogP contribution in [0.2, 0.25) is 5.02 Å². The second kappa shape index (κ2) is 4.40. The Labute approximate surface area is 96.4 Å². The fourth-order valence-electron chi connectivity index (χ4n) is 1.48. The largest absolute Gasteiger partial charge is 0.465 e.